The van der Waals surface area contributed by atoms with Crippen LogP contribution in [0.15, 0.2) is 42.5 Å². The van der Waals surface area contributed by atoms with Gasteiger partial charge >= 0.3 is 5.97 Å². The lowest BCUT2D eigenvalue weighted by Gasteiger charge is -2.06. The van der Waals surface area contributed by atoms with E-state index in [1.54, 1.807) is 11.8 Å². The lowest BCUT2D eigenvalue weighted by Crippen LogP contribution is -1.98. The highest BCUT2D eigenvalue weighted by molar-refractivity contribution is 7.97. The molecule has 0 aliphatic heterocycles. The molecule has 0 aliphatic rings. The smallest absolute Gasteiger partial charge is 0.335 e. The Morgan fingerprint density at radius 1 is 1.20 bits per heavy atom. The number of benzene rings is 2. The van der Waals surface area contributed by atoms with Crippen molar-refractivity contribution in [3.63, 3.8) is 0 Å². The zero-order valence-corrected chi connectivity index (χ0v) is 11.9. The number of aromatic carboxylic acids is 1. The van der Waals surface area contributed by atoms with Gasteiger partial charge in [0, 0.05) is 11.5 Å². The van der Waals surface area contributed by atoms with Crippen molar-refractivity contribution in [2.24, 2.45) is 0 Å². The number of carbonyl (C=O) groups is 1. The number of hydrogen-bond donors (Lipinski definition) is 1. The normalized spacial score (nSPS) is 10.5. The van der Waals surface area contributed by atoms with E-state index in [4.69, 9.17) is 5.11 Å². The minimum atomic E-state index is -1.10. The van der Waals surface area contributed by atoms with E-state index in [1.807, 2.05) is 12.1 Å². The molecular weight excluding hydrogens is 275 g/mol. The summed E-state index contributed by atoms with van der Waals surface area (Å²) >= 11 is 1.64. The molecule has 0 spiro atoms. The Bertz CT molecular complexity index is 626. The molecule has 2 aromatic rings. The summed E-state index contributed by atoms with van der Waals surface area (Å²) in [5.74, 6) is -0.191. The topological polar surface area (TPSA) is 37.3 Å². The second-order valence-corrected chi connectivity index (χ2v) is 5.56. The van der Waals surface area contributed by atoms with Crippen LogP contribution < -0.4 is 0 Å². The third-order valence-electron chi connectivity index (χ3n) is 2.99. The van der Waals surface area contributed by atoms with E-state index in [0.29, 0.717) is 11.3 Å². The minimum Gasteiger partial charge on any atom is -0.478 e. The number of aryl methyl sites for hydroxylation is 1. The number of hydrogen-bond acceptors (Lipinski definition) is 2. The van der Waals surface area contributed by atoms with Crippen LogP contribution in [0, 0.1) is 12.7 Å². The molecule has 20 heavy (non-hydrogen) atoms. The highest BCUT2D eigenvalue weighted by Crippen LogP contribution is 2.21. The second kappa shape index (κ2) is 6.57. The highest BCUT2D eigenvalue weighted by Gasteiger charge is 2.07. The van der Waals surface area contributed by atoms with E-state index in [-0.39, 0.29) is 5.56 Å². The number of rotatable bonds is 5. The van der Waals surface area contributed by atoms with Gasteiger partial charge in [-0.3, -0.25) is 0 Å². The van der Waals surface area contributed by atoms with Gasteiger partial charge in [0.15, 0.2) is 0 Å². The predicted octanol–water partition coefficient (Wildman–Crippen LogP) is 4.27. The van der Waals surface area contributed by atoms with E-state index >= 15 is 0 Å². The molecule has 0 aliphatic carbocycles. The first-order valence-electron chi connectivity index (χ1n) is 6.21. The molecule has 2 nitrogen and oxygen atoms in total. The molecule has 0 bridgehead atoms. The Morgan fingerprint density at radius 3 is 2.65 bits per heavy atom. The molecule has 0 saturated heterocycles. The van der Waals surface area contributed by atoms with E-state index in [9.17, 15) is 9.18 Å². The average molecular weight is 290 g/mol. The molecule has 0 radical (unpaired) electrons. The predicted molar refractivity (Wildman–Crippen MR) is 79.5 cm³/mol. The number of carboxylic acids is 1. The van der Waals surface area contributed by atoms with Gasteiger partial charge in [-0.05, 0) is 41.8 Å². The van der Waals surface area contributed by atoms with Crippen molar-refractivity contribution in [3.8, 4) is 0 Å². The van der Waals surface area contributed by atoms with Crippen LogP contribution in [0.3, 0.4) is 0 Å². The molecule has 2 rings (SSSR count). The first kappa shape index (κ1) is 14.6. The van der Waals surface area contributed by atoms with Gasteiger partial charge in [0.2, 0.25) is 0 Å². The van der Waals surface area contributed by atoms with Gasteiger partial charge < -0.3 is 5.11 Å². The molecule has 0 saturated carbocycles. The van der Waals surface area contributed by atoms with Crippen molar-refractivity contribution in [1.29, 1.82) is 0 Å². The third-order valence-corrected chi connectivity index (χ3v) is 4.04. The van der Waals surface area contributed by atoms with Crippen LogP contribution in [0.4, 0.5) is 4.39 Å². The molecule has 2 aromatic carbocycles. The fourth-order valence-electron chi connectivity index (χ4n) is 1.91. The molecule has 104 valence electrons. The van der Waals surface area contributed by atoms with Crippen molar-refractivity contribution in [2.45, 2.75) is 18.4 Å². The summed E-state index contributed by atoms with van der Waals surface area (Å²) in [4.78, 5) is 10.9. The van der Waals surface area contributed by atoms with E-state index in [1.165, 1.54) is 23.3 Å². The zero-order valence-electron chi connectivity index (χ0n) is 11.1. The van der Waals surface area contributed by atoms with Gasteiger partial charge in [0.1, 0.15) is 5.82 Å². The van der Waals surface area contributed by atoms with Gasteiger partial charge in [-0.15, -0.1) is 0 Å². The van der Waals surface area contributed by atoms with E-state index in [0.717, 1.165) is 11.8 Å². The fraction of sp³-hybridized carbons (Fsp3) is 0.188. The lowest BCUT2D eigenvalue weighted by molar-refractivity contribution is 0.0696. The van der Waals surface area contributed by atoms with Crippen molar-refractivity contribution >= 4 is 17.7 Å². The van der Waals surface area contributed by atoms with Gasteiger partial charge in [-0.25, -0.2) is 9.18 Å². The number of thioether (sulfide) groups is 1. The van der Waals surface area contributed by atoms with Gasteiger partial charge in [-0.1, -0.05) is 24.3 Å². The summed E-state index contributed by atoms with van der Waals surface area (Å²) in [6.07, 6.45) is 0. The maximum absolute atomic E-state index is 13.3. The molecule has 0 amide bonds. The minimum absolute atomic E-state index is 0.00325. The molecule has 4 heteroatoms. The molecule has 0 unspecified atom stereocenters. The van der Waals surface area contributed by atoms with Crippen LogP contribution >= 0.6 is 11.8 Å². The number of halogens is 1. The Balaban J connectivity index is 2.01. The first-order chi connectivity index (χ1) is 9.56. The summed E-state index contributed by atoms with van der Waals surface area (Å²) in [6.45, 7) is 2.06. The Hall–Kier alpha value is -1.81. The fourth-order valence-corrected chi connectivity index (χ4v) is 2.96. The largest absolute Gasteiger partial charge is 0.478 e. The second-order valence-electron chi connectivity index (χ2n) is 4.57. The van der Waals surface area contributed by atoms with Crippen molar-refractivity contribution in [1.82, 2.24) is 0 Å². The van der Waals surface area contributed by atoms with Crippen LogP contribution in [0.25, 0.3) is 0 Å². The van der Waals surface area contributed by atoms with Gasteiger partial charge in [0.05, 0.1) is 5.56 Å². The lowest BCUT2D eigenvalue weighted by atomic mass is 10.1. The molecule has 0 aromatic heterocycles. The van der Waals surface area contributed by atoms with Gasteiger partial charge in [0.25, 0.3) is 0 Å². The summed E-state index contributed by atoms with van der Waals surface area (Å²) in [7, 11) is 0. The van der Waals surface area contributed by atoms with Crippen molar-refractivity contribution in [3.05, 3.63) is 70.5 Å². The molecule has 1 N–H and O–H groups in total. The third kappa shape index (κ3) is 3.84. The number of carboxylic acid groups (broad SMARTS) is 1. The van der Waals surface area contributed by atoms with E-state index < -0.39 is 11.8 Å². The SMILES string of the molecule is Cc1ccccc1CSCc1cc(F)cc(C(=O)O)c1. The Morgan fingerprint density at radius 2 is 1.95 bits per heavy atom. The van der Waals surface area contributed by atoms with E-state index in [2.05, 4.69) is 19.1 Å². The maximum Gasteiger partial charge on any atom is 0.335 e. The monoisotopic (exact) mass is 290 g/mol. The average Bonchev–Trinajstić information content (AvgIpc) is 2.40. The first-order valence-corrected chi connectivity index (χ1v) is 7.37. The highest BCUT2D eigenvalue weighted by atomic mass is 32.2. The van der Waals surface area contributed by atoms with Crippen LogP contribution in [0.1, 0.15) is 27.0 Å². The quantitative estimate of drug-likeness (QED) is 0.893. The summed E-state index contributed by atoms with van der Waals surface area (Å²) < 4.78 is 13.3. The zero-order chi connectivity index (χ0) is 14.5. The van der Waals surface area contributed by atoms with Crippen molar-refractivity contribution in [2.75, 3.05) is 0 Å². The maximum atomic E-state index is 13.3. The Kier molecular flexibility index (Phi) is 4.79. The van der Waals surface area contributed by atoms with Crippen LogP contribution in [-0.4, -0.2) is 11.1 Å². The van der Waals surface area contributed by atoms with Crippen LogP contribution in [0.2, 0.25) is 0 Å². The standard InChI is InChI=1S/C16H15FO2S/c1-11-4-2-3-5-13(11)10-20-9-12-6-14(16(18)19)8-15(17)7-12/h2-8H,9-10H2,1H3,(H,18,19). The molecule has 0 heterocycles. The van der Waals surface area contributed by atoms with Crippen LogP contribution in [0.5, 0.6) is 0 Å². The van der Waals surface area contributed by atoms with Gasteiger partial charge in [-0.2, -0.15) is 11.8 Å². The van der Waals surface area contributed by atoms with Crippen LogP contribution in [-0.2, 0) is 11.5 Å². The summed E-state index contributed by atoms with van der Waals surface area (Å²) in [5.41, 5.74) is 3.16. The molecular formula is C16H15FO2S. The molecule has 0 atom stereocenters. The summed E-state index contributed by atoms with van der Waals surface area (Å²) in [6, 6.07) is 12.1. The van der Waals surface area contributed by atoms with Crippen molar-refractivity contribution < 1.29 is 14.3 Å². The summed E-state index contributed by atoms with van der Waals surface area (Å²) in [5, 5.41) is 8.90. The Labute approximate surface area is 121 Å². The molecule has 0 fully saturated rings.